The smallest absolute Gasteiger partial charge is 0.278 e. The molecule has 0 saturated carbocycles. The highest BCUT2D eigenvalue weighted by Crippen LogP contribution is 2.28. The van der Waals surface area contributed by atoms with Crippen molar-refractivity contribution < 1.29 is 9.32 Å². The van der Waals surface area contributed by atoms with Gasteiger partial charge in [0.1, 0.15) is 5.76 Å². The number of hydrogen-bond donors (Lipinski definition) is 1. The van der Waals surface area contributed by atoms with E-state index in [1.165, 1.54) is 0 Å². The van der Waals surface area contributed by atoms with Gasteiger partial charge < -0.3 is 9.84 Å². The molecule has 1 aliphatic rings. The van der Waals surface area contributed by atoms with Gasteiger partial charge in [0.15, 0.2) is 5.69 Å². The monoisotopic (exact) mass is 348 g/mol. The maximum absolute atomic E-state index is 12.4. The topological polar surface area (TPSA) is 55.1 Å². The molecular formula is C16H17BrN2O2. The van der Waals surface area contributed by atoms with Gasteiger partial charge in [0.05, 0.1) is 0 Å². The molecule has 3 rings (SSSR count). The number of halogens is 1. The minimum atomic E-state index is -0.195. The Labute approximate surface area is 132 Å². The lowest BCUT2D eigenvalue weighted by Crippen LogP contribution is -2.18. The van der Waals surface area contributed by atoms with Crippen LogP contribution in [0.1, 0.15) is 40.7 Å². The van der Waals surface area contributed by atoms with Crippen LogP contribution in [0, 0.1) is 12.8 Å². The fourth-order valence-corrected chi connectivity index (χ4v) is 3.18. The number of amides is 1. The molecule has 1 N–H and O–H groups in total. The summed E-state index contributed by atoms with van der Waals surface area (Å²) >= 11 is 3.42. The standard InChI is InChI=1S/C16H17BrN2O2/c1-9-3-6-14-12(7-9)15(19-21-14)16(20)18-13-5-4-11(17)8-10(13)2/h4-5,8-9H,3,6-7H2,1-2H3,(H,18,20). The molecule has 2 aromatic rings. The summed E-state index contributed by atoms with van der Waals surface area (Å²) in [6.07, 6.45) is 2.82. The summed E-state index contributed by atoms with van der Waals surface area (Å²) in [5.74, 6) is 1.24. The van der Waals surface area contributed by atoms with E-state index in [1.807, 2.05) is 25.1 Å². The molecule has 110 valence electrons. The van der Waals surface area contributed by atoms with Crippen LogP contribution in [-0.2, 0) is 12.8 Å². The van der Waals surface area contributed by atoms with Crippen molar-refractivity contribution in [1.29, 1.82) is 0 Å². The molecule has 4 nitrogen and oxygen atoms in total. The summed E-state index contributed by atoms with van der Waals surface area (Å²) in [5.41, 5.74) is 3.20. The Morgan fingerprint density at radius 3 is 3.05 bits per heavy atom. The van der Waals surface area contributed by atoms with E-state index in [1.54, 1.807) is 0 Å². The summed E-state index contributed by atoms with van der Waals surface area (Å²) in [6.45, 7) is 4.15. The first kappa shape index (κ1) is 14.3. The number of aromatic nitrogens is 1. The van der Waals surface area contributed by atoms with Gasteiger partial charge in [-0.15, -0.1) is 0 Å². The van der Waals surface area contributed by atoms with Crippen LogP contribution < -0.4 is 5.32 Å². The van der Waals surface area contributed by atoms with E-state index in [0.717, 1.165) is 46.3 Å². The van der Waals surface area contributed by atoms with Gasteiger partial charge >= 0.3 is 0 Å². The van der Waals surface area contributed by atoms with Crippen molar-refractivity contribution in [2.45, 2.75) is 33.1 Å². The molecule has 1 aliphatic carbocycles. The molecule has 1 aromatic carbocycles. The Morgan fingerprint density at radius 2 is 2.29 bits per heavy atom. The van der Waals surface area contributed by atoms with Crippen molar-refractivity contribution in [3.63, 3.8) is 0 Å². The zero-order valence-electron chi connectivity index (χ0n) is 12.1. The predicted octanol–water partition coefficient (Wildman–Crippen LogP) is 4.12. The number of nitrogens with zero attached hydrogens (tertiary/aromatic N) is 1. The quantitative estimate of drug-likeness (QED) is 0.887. The van der Waals surface area contributed by atoms with Gasteiger partial charge in [-0.25, -0.2) is 0 Å². The van der Waals surface area contributed by atoms with Crippen molar-refractivity contribution in [1.82, 2.24) is 5.16 Å². The fraction of sp³-hybridized carbons (Fsp3) is 0.375. The molecule has 0 bridgehead atoms. The van der Waals surface area contributed by atoms with E-state index < -0.39 is 0 Å². The highest BCUT2D eigenvalue weighted by atomic mass is 79.9. The van der Waals surface area contributed by atoms with Crippen molar-refractivity contribution in [2.24, 2.45) is 5.92 Å². The highest BCUT2D eigenvalue weighted by Gasteiger charge is 2.27. The zero-order valence-corrected chi connectivity index (χ0v) is 13.7. The number of aryl methyl sites for hydroxylation is 2. The minimum Gasteiger partial charge on any atom is -0.360 e. The van der Waals surface area contributed by atoms with E-state index in [9.17, 15) is 4.79 Å². The van der Waals surface area contributed by atoms with Gasteiger partial charge in [-0.05, 0) is 49.4 Å². The highest BCUT2D eigenvalue weighted by molar-refractivity contribution is 9.10. The normalized spacial score (nSPS) is 17.4. The summed E-state index contributed by atoms with van der Waals surface area (Å²) in [4.78, 5) is 12.4. The average Bonchev–Trinajstić information content (AvgIpc) is 2.85. The Morgan fingerprint density at radius 1 is 1.48 bits per heavy atom. The number of benzene rings is 1. The lowest BCUT2D eigenvalue weighted by atomic mass is 9.88. The second-order valence-electron chi connectivity index (χ2n) is 5.69. The van der Waals surface area contributed by atoms with Crippen molar-refractivity contribution in [2.75, 3.05) is 5.32 Å². The van der Waals surface area contributed by atoms with Crippen molar-refractivity contribution in [3.05, 3.63) is 45.3 Å². The maximum Gasteiger partial charge on any atom is 0.278 e. The molecule has 1 heterocycles. The minimum absolute atomic E-state index is 0.195. The SMILES string of the molecule is Cc1cc(Br)ccc1NC(=O)c1noc2c1CC(C)CC2. The number of anilines is 1. The fourth-order valence-electron chi connectivity index (χ4n) is 2.71. The molecule has 0 radical (unpaired) electrons. The van der Waals surface area contributed by atoms with Gasteiger partial charge in [-0.1, -0.05) is 28.0 Å². The summed E-state index contributed by atoms with van der Waals surface area (Å²) < 4.78 is 6.32. The molecule has 5 heteroatoms. The second kappa shape index (κ2) is 5.64. The lowest BCUT2D eigenvalue weighted by molar-refractivity contribution is 0.101. The van der Waals surface area contributed by atoms with Crippen LogP contribution in [0.5, 0.6) is 0 Å². The Bertz CT molecular complexity index is 694. The molecular weight excluding hydrogens is 332 g/mol. The van der Waals surface area contributed by atoms with Gasteiger partial charge in [0, 0.05) is 22.1 Å². The van der Waals surface area contributed by atoms with E-state index in [0.29, 0.717) is 11.6 Å². The first-order valence-corrected chi connectivity index (χ1v) is 7.89. The van der Waals surface area contributed by atoms with Crippen LogP contribution in [0.25, 0.3) is 0 Å². The van der Waals surface area contributed by atoms with Crippen LogP contribution >= 0.6 is 15.9 Å². The zero-order chi connectivity index (χ0) is 15.0. The van der Waals surface area contributed by atoms with Crippen molar-refractivity contribution >= 4 is 27.5 Å². The van der Waals surface area contributed by atoms with Gasteiger partial charge in [0.25, 0.3) is 5.91 Å². The maximum atomic E-state index is 12.4. The molecule has 1 unspecified atom stereocenters. The molecule has 1 aromatic heterocycles. The number of nitrogens with one attached hydrogen (secondary N) is 1. The molecule has 0 fully saturated rings. The van der Waals surface area contributed by atoms with E-state index >= 15 is 0 Å². The summed E-state index contributed by atoms with van der Waals surface area (Å²) in [6, 6.07) is 5.76. The number of carbonyl (C=O) groups is 1. The van der Waals surface area contributed by atoms with E-state index in [2.05, 4.69) is 33.3 Å². The third-order valence-electron chi connectivity index (χ3n) is 3.94. The van der Waals surface area contributed by atoms with Gasteiger partial charge in [-0.2, -0.15) is 0 Å². The van der Waals surface area contributed by atoms with Crippen LogP contribution in [0.15, 0.2) is 27.2 Å². The van der Waals surface area contributed by atoms with Crippen LogP contribution in [0.4, 0.5) is 5.69 Å². The summed E-state index contributed by atoms with van der Waals surface area (Å²) in [7, 11) is 0. The molecule has 21 heavy (non-hydrogen) atoms. The number of hydrogen-bond acceptors (Lipinski definition) is 3. The van der Waals surface area contributed by atoms with E-state index in [-0.39, 0.29) is 5.91 Å². The van der Waals surface area contributed by atoms with Gasteiger partial charge in [-0.3, -0.25) is 4.79 Å². The molecule has 0 aliphatic heterocycles. The van der Waals surface area contributed by atoms with Crippen LogP contribution in [-0.4, -0.2) is 11.1 Å². The number of rotatable bonds is 2. The van der Waals surface area contributed by atoms with Crippen LogP contribution in [0.3, 0.4) is 0 Å². The Kier molecular flexibility index (Phi) is 3.85. The Hall–Kier alpha value is -1.62. The third-order valence-corrected chi connectivity index (χ3v) is 4.43. The number of carbonyl (C=O) groups excluding carboxylic acids is 1. The predicted molar refractivity (Wildman–Crippen MR) is 84.5 cm³/mol. The first-order valence-electron chi connectivity index (χ1n) is 7.09. The first-order chi connectivity index (χ1) is 10.0. The molecule has 0 saturated heterocycles. The molecule has 0 spiro atoms. The summed E-state index contributed by atoms with van der Waals surface area (Å²) in [5, 5.41) is 6.90. The lowest BCUT2D eigenvalue weighted by Gasteiger charge is -2.16. The second-order valence-corrected chi connectivity index (χ2v) is 6.61. The average molecular weight is 349 g/mol. The van der Waals surface area contributed by atoms with Crippen LogP contribution in [0.2, 0.25) is 0 Å². The van der Waals surface area contributed by atoms with E-state index in [4.69, 9.17) is 4.52 Å². The van der Waals surface area contributed by atoms with Crippen molar-refractivity contribution in [3.8, 4) is 0 Å². The Balaban J connectivity index is 1.85. The number of fused-ring (bicyclic) bond motifs is 1. The molecule has 1 amide bonds. The molecule has 1 atom stereocenters. The largest absolute Gasteiger partial charge is 0.360 e. The van der Waals surface area contributed by atoms with Gasteiger partial charge in [0.2, 0.25) is 0 Å². The third kappa shape index (κ3) is 2.88.